The second kappa shape index (κ2) is 5.17. The highest BCUT2D eigenvalue weighted by Gasteiger charge is 2.22. The maximum atomic E-state index is 13.2. The number of hydrogen-bond acceptors (Lipinski definition) is 2. The van der Waals surface area contributed by atoms with Crippen LogP contribution >= 0.6 is 9.24 Å². The Hall–Kier alpha value is -1.41. The molecule has 0 bridgehead atoms. The first-order valence-electron chi connectivity index (χ1n) is 6.85. The van der Waals surface area contributed by atoms with Crippen LogP contribution in [0.25, 0.3) is 11.3 Å². The summed E-state index contributed by atoms with van der Waals surface area (Å²) in [5, 5.41) is 5.48. The molecular weight excluding hydrogens is 274 g/mol. The van der Waals surface area contributed by atoms with Crippen LogP contribution in [-0.4, -0.2) is 15.9 Å². The predicted molar refractivity (Wildman–Crippen MR) is 81.0 cm³/mol. The van der Waals surface area contributed by atoms with Crippen molar-refractivity contribution in [1.29, 1.82) is 0 Å². The highest BCUT2D eigenvalue weighted by molar-refractivity contribution is 7.28. The molecule has 2 atom stereocenters. The first kappa shape index (κ1) is 13.6. The molecule has 0 saturated heterocycles. The normalized spacial score (nSPS) is 18.3. The Bertz CT molecular complexity index is 654. The number of rotatable bonds is 1. The van der Waals surface area contributed by atoms with E-state index in [0.29, 0.717) is 0 Å². The van der Waals surface area contributed by atoms with E-state index in [-0.39, 0.29) is 11.9 Å². The van der Waals surface area contributed by atoms with Crippen molar-refractivity contribution in [3.63, 3.8) is 0 Å². The molecule has 0 N–H and O–H groups in total. The van der Waals surface area contributed by atoms with Gasteiger partial charge in [-0.1, -0.05) is 0 Å². The van der Waals surface area contributed by atoms with Crippen LogP contribution in [0.2, 0.25) is 0 Å². The minimum Gasteiger partial charge on any atom is -0.475 e. The van der Waals surface area contributed by atoms with Crippen molar-refractivity contribution in [3.8, 4) is 17.1 Å². The molecule has 20 heavy (non-hydrogen) atoms. The first-order chi connectivity index (χ1) is 9.56. The van der Waals surface area contributed by atoms with Gasteiger partial charge in [-0.15, -0.1) is 9.24 Å². The quantitative estimate of drug-likeness (QED) is 0.755. The lowest BCUT2D eigenvalue weighted by Gasteiger charge is -2.11. The first-order valence-corrected chi connectivity index (χ1v) is 7.43. The lowest BCUT2D eigenvalue weighted by molar-refractivity contribution is 0.207. The summed E-state index contributed by atoms with van der Waals surface area (Å²) in [6.45, 7) is 4.97. The van der Waals surface area contributed by atoms with Crippen LogP contribution in [0.4, 0.5) is 4.39 Å². The van der Waals surface area contributed by atoms with Gasteiger partial charge in [0.25, 0.3) is 0 Å². The van der Waals surface area contributed by atoms with Crippen molar-refractivity contribution in [2.75, 3.05) is 0 Å². The van der Waals surface area contributed by atoms with Gasteiger partial charge in [-0.25, -0.2) is 9.07 Å². The summed E-state index contributed by atoms with van der Waals surface area (Å²) in [6, 6.07) is 4.75. The fourth-order valence-electron chi connectivity index (χ4n) is 2.62. The second-order valence-corrected chi connectivity index (χ2v) is 5.93. The van der Waals surface area contributed by atoms with Gasteiger partial charge in [0.05, 0.1) is 11.8 Å². The van der Waals surface area contributed by atoms with Crippen LogP contribution in [0.15, 0.2) is 18.2 Å². The SMILES string of the molecule is Cc1c(-c2ccc(F)cc2P)nn2c1O[C@H](C)CCC2. The molecule has 0 amide bonds. The van der Waals surface area contributed by atoms with E-state index in [1.54, 1.807) is 6.07 Å². The van der Waals surface area contributed by atoms with Gasteiger partial charge >= 0.3 is 0 Å². The number of hydrogen-bond donors (Lipinski definition) is 0. The van der Waals surface area contributed by atoms with Gasteiger partial charge in [0.1, 0.15) is 5.82 Å². The van der Waals surface area contributed by atoms with Gasteiger partial charge in [-0.2, -0.15) is 5.10 Å². The van der Waals surface area contributed by atoms with Crippen molar-refractivity contribution in [3.05, 3.63) is 29.6 Å². The number of fused-ring (bicyclic) bond motifs is 1. The summed E-state index contributed by atoms with van der Waals surface area (Å²) in [5.74, 6) is 0.612. The smallest absolute Gasteiger partial charge is 0.215 e. The topological polar surface area (TPSA) is 27.1 Å². The zero-order chi connectivity index (χ0) is 14.3. The van der Waals surface area contributed by atoms with Gasteiger partial charge in [-0.05, 0) is 50.2 Å². The molecule has 1 aromatic carbocycles. The Balaban J connectivity index is 2.09. The highest BCUT2D eigenvalue weighted by Crippen LogP contribution is 2.32. The predicted octanol–water partition coefficient (Wildman–Crippen LogP) is 3.06. The molecule has 2 aromatic rings. The van der Waals surface area contributed by atoms with Crippen molar-refractivity contribution < 1.29 is 9.13 Å². The second-order valence-electron chi connectivity index (χ2n) is 5.30. The highest BCUT2D eigenvalue weighted by atomic mass is 31.0. The molecule has 0 spiro atoms. The number of benzene rings is 1. The average Bonchev–Trinajstić information content (AvgIpc) is 2.58. The number of nitrogens with zero attached hydrogens (tertiary/aromatic N) is 2. The van der Waals surface area contributed by atoms with Crippen LogP contribution in [0.3, 0.4) is 0 Å². The molecule has 0 radical (unpaired) electrons. The monoisotopic (exact) mass is 292 g/mol. The number of ether oxygens (including phenoxy) is 1. The third-order valence-corrected chi connectivity index (χ3v) is 4.17. The summed E-state index contributed by atoms with van der Waals surface area (Å²) in [6.07, 6.45) is 2.32. The molecule has 3 nitrogen and oxygen atoms in total. The van der Waals surface area contributed by atoms with E-state index in [1.165, 1.54) is 12.1 Å². The summed E-state index contributed by atoms with van der Waals surface area (Å²) >= 11 is 0. The fourth-order valence-corrected chi connectivity index (χ4v) is 3.01. The van der Waals surface area contributed by atoms with E-state index >= 15 is 0 Å². The Kier molecular flexibility index (Phi) is 3.51. The van der Waals surface area contributed by atoms with Crippen LogP contribution in [-0.2, 0) is 6.54 Å². The molecule has 106 valence electrons. The largest absolute Gasteiger partial charge is 0.475 e. The van der Waals surface area contributed by atoms with E-state index in [4.69, 9.17) is 4.74 Å². The molecule has 1 aliphatic heterocycles. The van der Waals surface area contributed by atoms with Gasteiger partial charge in [0.2, 0.25) is 5.88 Å². The van der Waals surface area contributed by atoms with Gasteiger partial charge in [-0.3, -0.25) is 0 Å². The molecule has 0 saturated carbocycles. The van der Waals surface area contributed by atoms with Crippen molar-refractivity contribution >= 4 is 14.5 Å². The van der Waals surface area contributed by atoms with E-state index < -0.39 is 0 Å². The fraction of sp³-hybridized carbons (Fsp3) is 0.400. The minimum absolute atomic E-state index is 0.211. The Morgan fingerprint density at radius 1 is 1.45 bits per heavy atom. The zero-order valence-electron chi connectivity index (χ0n) is 11.7. The maximum Gasteiger partial charge on any atom is 0.215 e. The molecule has 0 aliphatic carbocycles. The number of halogens is 1. The molecule has 3 rings (SSSR count). The van der Waals surface area contributed by atoms with E-state index in [0.717, 1.165) is 47.4 Å². The lowest BCUT2D eigenvalue weighted by atomic mass is 10.1. The Morgan fingerprint density at radius 3 is 3.00 bits per heavy atom. The zero-order valence-corrected chi connectivity index (χ0v) is 12.8. The van der Waals surface area contributed by atoms with Gasteiger partial charge in [0.15, 0.2) is 0 Å². The Morgan fingerprint density at radius 2 is 2.25 bits per heavy atom. The number of aryl methyl sites for hydroxylation is 1. The van der Waals surface area contributed by atoms with E-state index in [1.807, 2.05) is 11.6 Å². The molecule has 1 aromatic heterocycles. The van der Waals surface area contributed by atoms with Crippen LogP contribution in [0.5, 0.6) is 5.88 Å². The Labute approximate surface area is 120 Å². The molecule has 0 fully saturated rings. The average molecular weight is 292 g/mol. The van der Waals surface area contributed by atoms with Crippen molar-refractivity contribution in [2.45, 2.75) is 39.3 Å². The summed E-state index contributed by atoms with van der Waals surface area (Å²) < 4.78 is 21.1. The van der Waals surface area contributed by atoms with Gasteiger partial charge in [0, 0.05) is 17.7 Å². The van der Waals surface area contributed by atoms with E-state index in [9.17, 15) is 4.39 Å². The maximum absolute atomic E-state index is 13.2. The third-order valence-electron chi connectivity index (χ3n) is 3.69. The van der Waals surface area contributed by atoms with Crippen molar-refractivity contribution in [2.24, 2.45) is 0 Å². The molecule has 2 heterocycles. The van der Waals surface area contributed by atoms with Crippen LogP contribution < -0.4 is 10.0 Å². The lowest BCUT2D eigenvalue weighted by Crippen LogP contribution is -2.10. The molecule has 5 heteroatoms. The van der Waals surface area contributed by atoms with Crippen LogP contribution in [0.1, 0.15) is 25.3 Å². The summed E-state index contributed by atoms with van der Waals surface area (Å²) in [5.41, 5.74) is 2.83. The summed E-state index contributed by atoms with van der Waals surface area (Å²) in [7, 11) is 2.58. The molecule has 1 aliphatic rings. The standard InChI is InChI=1S/C15H18FN2OP/c1-9-4-3-7-18-15(19-9)10(2)14(17-18)12-6-5-11(16)8-13(12)20/h5-6,8-9H,3-4,7,20H2,1-2H3/t9-/m1/s1. The molecular formula is C15H18FN2OP. The minimum atomic E-state index is -0.234. The van der Waals surface area contributed by atoms with Gasteiger partial charge < -0.3 is 4.74 Å². The molecule has 1 unspecified atom stereocenters. The van der Waals surface area contributed by atoms with Crippen molar-refractivity contribution in [1.82, 2.24) is 9.78 Å². The van der Waals surface area contributed by atoms with Crippen LogP contribution in [0, 0.1) is 12.7 Å². The third kappa shape index (κ3) is 2.33. The summed E-state index contributed by atoms with van der Waals surface area (Å²) in [4.78, 5) is 0. The number of aromatic nitrogens is 2. The van der Waals surface area contributed by atoms with E-state index in [2.05, 4.69) is 21.3 Å².